The number of amides is 1. The van der Waals surface area contributed by atoms with Crippen LogP contribution in [0.3, 0.4) is 0 Å². The van der Waals surface area contributed by atoms with Crippen LogP contribution in [0.2, 0.25) is 0 Å². The van der Waals surface area contributed by atoms with Crippen LogP contribution >= 0.6 is 0 Å². The number of hydrogen-bond acceptors (Lipinski definition) is 5. The van der Waals surface area contributed by atoms with E-state index in [1.165, 1.54) is 0 Å². The van der Waals surface area contributed by atoms with Crippen molar-refractivity contribution >= 4 is 23.8 Å². The monoisotopic (exact) mass is 327 g/mol. The van der Waals surface area contributed by atoms with Crippen LogP contribution in [-0.4, -0.2) is 31.7 Å². The maximum absolute atomic E-state index is 11.7. The maximum Gasteiger partial charge on any atom is 0.303 e. The molecular formula is C16H17N5O3. The lowest BCUT2D eigenvalue weighted by Gasteiger charge is -2.22. The van der Waals surface area contributed by atoms with Gasteiger partial charge in [0.05, 0.1) is 6.42 Å². The number of carbonyl (C=O) groups excluding carboxylic acids is 1. The van der Waals surface area contributed by atoms with E-state index in [0.717, 1.165) is 11.3 Å². The molecule has 0 radical (unpaired) electrons. The highest BCUT2D eigenvalue weighted by molar-refractivity contribution is 5.91. The average Bonchev–Trinajstić information content (AvgIpc) is 2.95. The zero-order valence-electron chi connectivity index (χ0n) is 13.1. The summed E-state index contributed by atoms with van der Waals surface area (Å²) in [6.45, 7) is 1.93. The maximum atomic E-state index is 11.7. The normalized spacial score (nSPS) is 15.9. The Bertz CT molecular complexity index is 797. The quantitative estimate of drug-likeness (QED) is 0.775. The molecule has 0 bridgehead atoms. The predicted molar refractivity (Wildman–Crippen MR) is 87.5 cm³/mol. The topological polar surface area (TPSA) is 109 Å². The smallest absolute Gasteiger partial charge is 0.303 e. The van der Waals surface area contributed by atoms with Gasteiger partial charge in [0, 0.05) is 12.1 Å². The molecule has 0 aliphatic carbocycles. The van der Waals surface area contributed by atoms with Gasteiger partial charge in [-0.25, -0.2) is 4.68 Å². The van der Waals surface area contributed by atoms with Gasteiger partial charge in [0.1, 0.15) is 6.04 Å². The lowest BCUT2D eigenvalue weighted by atomic mass is 10.1. The van der Waals surface area contributed by atoms with Gasteiger partial charge < -0.3 is 10.4 Å². The van der Waals surface area contributed by atoms with Gasteiger partial charge in [-0.15, -0.1) is 5.10 Å². The highest BCUT2D eigenvalue weighted by Gasteiger charge is 2.23. The standard InChI is InChI=1S/C16H17N5O3/c1-10-9-12(11-5-3-2-4-6-11)21-16(17-10)19-15(20-21)18-13(22)7-8-14(23)24/h2-6,9,12H,7-8H2,1H3,(H,23,24)(H2,17,18,19,20,22). The second-order valence-corrected chi connectivity index (χ2v) is 5.48. The molecule has 8 nitrogen and oxygen atoms in total. The molecule has 1 atom stereocenters. The van der Waals surface area contributed by atoms with Crippen LogP contribution < -0.4 is 10.6 Å². The van der Waals surface area contributed by atoms with Crippen molar-refractivity contribution in [3.8, 4) is 0 Å². The minimum atomic E-state index is -1.02. The number of benzene rings is 1. The molecule has 1 aliphatic rings. The first kappa shape index (κ1) is 15.7. The van der Waals surface area contributed by atoms with Gasteiger partial charge in [-0.05, 0) is 18.6 Å². The van der Waals surface area contributed by atoms with Crippen molar-refractivity contribution in [2.45, 2.75) is 25.8 Å². The summed E-state index contributed by atoms with van der Waals surface area (Å²) in [5, 5.41) is 18.6. The Morgan fingerprint density at radius 1 is 1.29 bits per heavy atom. The molecular weight excluding hydrogens is 310 g/mol. The van der Waals surface area contributed by atoms with E-state index < -0.39 is 11.9 Å². The number of nitrogens with zero attached hydrogens (tertiary/aromatic N) is 3. The lowest BCUT2D eigenvalue weighted by Crippen LogP contribution is -2.19. The molecule has 0 fully saturated rings. The molecule has 24 heavy (non-hydrogen) atoms. The minimum absolute atomic E-state index is 0.119. The van der Waals surface area contributed by atoms with Gasteiger partial charge in [-0.2, -0.15) is 4.98 Å². The van der Waals surface area contributed by atoms with Crippen LogP contribution in [-0.2, 0) is 9.59 Å². The van der Waals surface area contributed by atoms with Crippen molar-refractivity contribution < 1.29 is 14.7 Å². The first-order valence-corrected chi connectivity index (χ1v) is 7.51. The average molecular weight is 327 g/mol. The van der Waals surface area contributed by atoms with E-state index in [0.29, 0.717) is 5.95 Å². The lowest BCUT2D eigenvalue weighted by molar-refractivity contribution is -0.138. The van der Waals surface area contributed by atoms with Crippen molar-refractivity contribution in [3.05, 3.63) is 47.7 Å². The summed E-state index contributed by atoms with van der Waals surface area (Å²) in [5.41, 5.74) is 1.99. The summed E-state index contributed by atoms with van der Waals surface area (Å²) in [6.07, 6.45) is 1.67. The van der Waals surface area contributed by atoms with Crippen molar-refractivity contribution in [3.63, 3.8) is 0 Å². The summed E-state index contributed by atoms with van der Waals surface area (Å²) in [7, 11) is 0. The molecule has 2 aromatic rings. The fraction of sp³-hybridized carbons (Fsp3) is 0.250. The number of aromatic nitrogens is 3. The van der Waals surface area contributed by atoms with Gasteiger partial charge in [0.2, 0.25) is 11.9 Å². The van der Waals surface area contributed by atoms with E-state index in [-0.39, 0.29) is 24.8 Å². The molecule has 3 rings (SSSR count). The van der Waals surface area contributed by atoms with Gasteiger partial charge in [0.15, 0.2) is 0 Å². The molecule has 2 heterocycles. The van der Waals surface area contributed by atoms with Crippen LogP contribution in [0.15, 0.2) is 42.1 Å². The summed E-state index contributed by atoms with van der Waals surface area (Å²) in [5.74, 6) is -0.775. The molecule has 124 valence electrons. The van der Waals surface area contributed by atoms with Crippen molar-refractivity contribution in [2.24, 2.45) is 0 Å². The highest BCUT2D eigenvalue weighted by atomic mass is 16.4. The molecule has 3 N–H and O–H groups in total. The molecule has 0 saturated heterocycles. The molecule has 1 unspecified atom stereocenters. The van der Waals surface area contributed by atoms with E-state index in [1.807, 2.05) is 43.3 Å². The van der Waals surface area contributed by atoms with Gasteiger partial charge >= 0.3 is 5.97 Å². The van der Waals surface area contributed by atoms with Gasteiger partial charge in [-0.3, -0.25) is 14.9 Å². The number of carboxylic acids is 1. The van der Waals surface area contributed by atoms with Crippen molar-refractivity contribution in [1.82, 2.24) is 14.8 Å². The summed E-state index contributed by atoms with van der Waals surface area (Å²) in [4.78, 5) is 26.5. The Kier molecular flexibility index (Phi) is 4.28. The third-order valence-corrected chi connectivity index (χ3v) is 3.57. The summed E-state index contributed by atoms with van der Waals surface area (Å²) >= 11 is 0. The second-order valence-electron chi connectivity index (χ2n) is 5.48. The number of rotatable bonds is 5. The highest BCUT2D eigenvalue weighted by Crippen LogP contribution is 2.29. The Morgan fingerprint density at radius 3 is 2.75 bits per heavy atom. The minimum Gasteiger partial charge on any atom is -0.481 e. The molecule has 0 saturated carbocycles. The number of allylic oxidation sites excluding steroid dienone is 2. The number of aliphatic carboxylic acids is 1. The largest absolute Gasteiger partial charge is 0.481 e. The van der Waals surface area contributed by atoms with Crippen molar-refractivity contribution in [1.29, 1.82) is 0 Å². The van der Waals surface area contributed by atoms with Crippen LogP contribution in [0.1, 0.15) is 31.4 Å². The molecule has 1 amide bonds. The van der Waals surface area contributed by atoms with Crippen molar-refractivity contribution in [2.75, 3.05) is 10.6 Å². The van der Waals surface area contributed by atoms with Crippen LogP contribution in [0.5, 0.6) is 0 Å². The Hall–Kier alpha value is -3.16. The number of nitrogens with one attached hydrogen (secondary N) is 2. The van der Waals surface area contributed by atoms with Crippen LogP contribution in [0, 0.1) is 0 Å². The molecule has 8 heteroatoms. The number of anilines is 2. The number of carbonyl (C=O) groups is 2. The molecule has 1 aliphatic heterocycles. The summed E-state index contributed by atoms with van der Waals surface area (Å²) < 4.78 is 1.69. The Labute approximate surface area is 138 Å². The Morgan fingerprint density at radius 2 is 2.04 bits per heavy atom. The zero-order chi connectivity index (χ0) is 17.1. The predicted octanol–water partition coefficient (Wildman–Crippen LogP) is 2.00. The zero-order valence-corrected chi connectivity index (χ0v) is 13.1. The van der Waals surface area contributed by atoms with E-state index in [9.17, 15) is 9.59 Å². The fourth-order valence-electron chi connectivity index (χ4n) is 2.48. The molecule has 1 aromatic heterocycles. The third kappa shape index (κ3) is 3.43. The van der Waals surface area contributed by atoms with E-state index in [1.54, 1.807) is 4.68 Å². The molecule has 0 spiro atoms. The van der Waals surface area contributed by atoms with E-state index in [4.69, 9.17) is 5.11 Å². The number of hydrogen-bond donors (Lipinski definition) is 3. The first-order valence-electron chi connectivity index (χ1n) is 7.51. The van der Waals surface area contributed by atoms with E-state index >= 15 is 0 Å². The summed E-state index contributed by atoms with van der Waals surface area (Å²) in [6, 6.07) is 9.71. The second kappa shape index (κ2) is 6.53. The fourth-order valence-corrected chi connectivity index (χ4v) is 2.48. The molecule has 1 aromatic carbocycles. The SMILES string of the molecule is CC1=CC(c2ccccc2)n2nc(NC(=O)CCC(=O)O)nc2N1. The number of carboxylic acid groups (broad SMARTS) is 1. The van der Waals surface area contributed by atoms with Gasteiger partial charge in [0.25, 0.3) is 5.95 Å². The van der Waals surface area contributed by atoms with Gasteiger partial charge in [-0.1, -0.05) is 30.3 Å². The Balaban J connectivity index is 1.81. The number of fused-ring (bicyclic) bond motifs is 1. The van der Waals surface area contributed by atoms with Crippen LogP contribution in [0.4, 0.5) is 11.9 Å². The van der Waals surface area contributed by atoms with E-state index in [2.05, 4.69) is 20.7 Å². The first-order chi connectivity index (χ1) is 11.5. The van der Waals surface area contributed by atoms with Crippen LogP contribution in [0.25, 0.3) is 0 Å². The third-order valence-electron chi connectivity index (χ3n) is 3.57.